The van der Waals surface area contributed by atoms with Crippen LogP contribution in [0.1, 0.15) is 118 Å². The molecule has 0 aromatic heterocycles. The summed E-state index contributed by atoms with van der Waals surface area (Å²) in [5.74, 6) is 6.55. The minimum Gasteiger partial charge on any atom is -0.379 e. The number of rotatable bonds is 10. The molecule has 0 heterocycles. The fraction of sp³-hybridized carbons (Fsp3) is 1.00. The molecule has 4 unspecified atom stereocenters. The lowest BCUT2D eigenvalue weighted by Gasteiger charge is -2.61. The summed E-state index contributed by atoms with van der Waals surface area (Å²) < 4.78 is 0. The van der Waals surface area contributed by atoms with E-state index in [4.69, 9.17) is 5.73 Å². The fourth-order valence-corrected chi connectivity index (χ4v) is 9.96. The summed E-state index contributed by atoms with van der Waals surface area (Å²) in [7, 11) is 0. The van der Waals surface area contributed by atoms with E-state index in [0.29, 0.717) is 29.7 Å². The highest BCUT2D eigenvalue weighted by molar-refractivity contribution is 5.09. The number of hydrogen-bond acceptors (Lipinski definition) is 3. The third-order valence-corrected chi connectivity index (χ3v) is 11.8. The molecule has 0 aliphatic heterocycles. The van der Waals surface area contributed by atoms with Gasteiger partial charge in [0.1, 0.15) is 6.23 Å². The van der Waals surface area contributed by atoms with Gasteiger partial charge in [-0.1, -0.05) is 53.4 Å². The Morgan fingerprint density at radius 1 is 0.879 bits per heavy atom. The molecule has 4 fully saturated rings. The Kier molecular flexibility index (Phi) is 8.55. The second kappa shape index (κ2) is 10.9. The first-order valence-electron chi connectivity index (χ1n) is 14.9. The zero-order valence-electron chi connectivity index (χ0n) is 22.5. The number of nitrogens with one attached hydrogen (secondary N) is 1. The molecule has 0 aromatic carbocycles. The van der Waals surface area contributed by atoms with Crippen LogP contribution in [-0.4, -0.2) is 24.4 Å². The summed E-state index contributed by atoms with van der Waals surface area (Å²) in [5, 5.41) is 13.1. The molecule has 0 amide bonds. The minimum absolute atomic E-state index is 0.437. The number of aliphatic hydroxyl groups excluding tert-OH is 1. The molecule has 0 aromatic rings. The second-order valence-electron chi connectivity index (χ2n) is 13.6. The summed E-state index contributed by atoms with van der Waals surface area (Å²) in [4.78, 5) is 0. The molecule has 3 nitrogen and oxygen atoms in total. The smallest absolute Gasteiger partial charge is 0.106 e. The molecule has 0 saturated heterocycles. The van der Waals surface area contributed by atoms with E-state index in [1.165, 1.54) is 77.0 Å². The molecule has 4 rings (SSSR count). The Balaban J connectivity index is 1.29. The summed E-state index contributed by atoms with van der Waals surface area (Å²) in [6.45, 7) is 11.8. The van der Waals surface area contributed by atoms with Crippen LogP contribution in [0.25, 0.3) is 0 Å². The topological polar surface area (TPSA) is 58.3 Å². The second-order valence-corrected chi connectivity index (χ2v) is 13.6. The third kappa shape index (κ3) is 5.21. The third-order valence-electron chi connectivity index (χ3n) is 11.8. The predicted octanol–water partition coefficient (Wildman–Crippen LogP) is 6.73. The van der Waals surface area contributed by atoms with Gasteiger partial charge in [-0.05, 0) is 123 Å². The molecular formula is C30H56N2O. The lowest BCUT2D eigenvalue weighted by molar-refractivity contribution is -0.114. The minimum atomic E-state index is -0.437. The quantitative estimate of drug-likeness (QED) is 0.317. The Hall–Kier alpha value is -0.120. The summed E-state index contributed by atoms with van der Waals surface area (Å²) in [6, 6.07) is 0. The van der Waals surface area contributed by atoms with Crippen molar-refractivity contribution in [3.8, 4) is 0 Å². The molecule has 10 atom stereocenters. The molecule has 3 heteroatoms. The standard InChI is InChI=1S/C30H56N2O/c1-21(20-32-28(33)16-19-31)8-7-9-22(2)25-13-14-26-24-12-11-23-10-5-6-17-29(23,3)27(24)15-18-30(25,26)4/h21-28,32-33H,5-20,31H2,1-4H3/t21?,22?,23?,24-,25+,26-,27-,28?,29-,30+/m0/s1. The van der Waals surface area contributed by atoms with Gasteiger partial charge >= 0.3 is 0 Å². The van der Waals surface area contributed by atoms with Gasteiger partial charge in [0.2, 0.25) is 0 Å². The van der Waals surface area contributed by atoms with E-state index in [1.807, 2.05) is 0 Å². The SMILES string of the molecule is CC(CCCC(C)[C@H]1CC[C@H]2[C@@H]3CCC4CCCC[C@]4(C)[C@H]3CC[C@]12C)CNC(O)CCN. The summed E-state index contributed by atoms with van der Waals surface area (Å²) >= 11 is 0. The van der Waals surface area contributed by atoms with Crippen LogP contribution in [0.4, 0.5) is 0 Å². The molecule has 4 N–H and O–H groups in total. The molecule has 0 spiro atoms. The van der Waals surface area contributed by atoms with E-state index >= 15 is 0 Å². The highest BCUT2D eigenvalue weighted by Crippen LogP contribution is 2.68. The van der Waals surface area contributed by atoms with Crippen molar-refractivity contribution < 1.29 is 5.11 Å². The van der Waals surface area contributed by atoms with Gasteiger partial charge in [-0.25, -0.2) is 0 Å². The van der Waals surface area contributed by atoms with Crippen LogP contribution >= 0.6 is 0 Å². The molecule has 4 saturated carbocycles. The van der Waals surface area contributed by atoms with Crippen molar-refractivity contribution in [3.63, 3.8) is 0 Å². The maximum absolute atomic E-state index is 9.86. The van der Waals surface area contributed by atoms with E-state index in [0.717, 1.165) is 42.1 Å². The van der Waals surface area contributed by atoms with Crippen molar-refractivity contribution in [2.45, 2.75) is 124 Å². The zero-order chi connectivity index (χ0) is 23.6. The molecule has 0 radical (unpaired) electrons. The maximum Gasteiger partial charge on any atom is 0.106 e. The van der Waals surface area contributed by atoms with Gasteiger partial charge in [-0.2, -0.15) is 0 Å². The molecule has 33 heavy (non-hydrogen) atoms. The molecular weight excluding hydrogens is 404 g/mol. The van der Waals surface area contributed by atoms with Gasteiger partial charge in [0.05, 0.1) is 0 Å². The van der Waals surface area contributed by atoms with Crippen molar-refractivity contribution in [1.82, 2.24) is 5.32 Å². The van der Waals surface area contributed by atoms with Gasteiger partial charge < -0.3 is 10.8 Å². The number of fused-ring (bicyclic) bond motifs is 5. The number of nitrogens with two attached hydrogens (primary N) is 1. The molecule has 4 aliphatic carbocycles. The van der Waals surface area contributed by atoms with Gasteiger partial charge in [0.15, 0.2) is 0 Å². The Bertz CT molecular complexity index is 624. The number of aliphatic hydroxyl groups is 1. The van der Waals surface area contributed by atoms with Crippen LogP contribution in [0.5, 0.6) is 0 Å². The largest absolute Gasteiger partial charge is 0.379 e. The van der Waals surface area contributed by atoms with Crippen LogP contribution < -0.4 is 11.1 Å². The van der Waals surface area contributed by atoms with Gasteiger partial charge in [0.25, 0.3) is 0 Å². The highest BCUT2D eigenvalue weighted by Gasteiger charge is 2.60. The highest BCUT2D eigenvalue weighted by atomic mass is 16.3. The first-order valence-corrected chi connectivity index (χ1v) is 14.9. The van der Waals surface area contributed by atoms with Crippen molar-refractivity contribution in [1.29, 1.82) is 0 Å². The van der Waals surface area contributed by atoms with E-state index in [9.17, 15) is 5.11 Å². The average Bonchev–Trinajstić information content (AvgIpc) is 3.15. The van der Waals surface area contributed by atoms with Crippen LogP contribution in [0.3, 0.4) is 0 Å². The van der Waals surface area contributed by atoms with E-state index in [-0.39, 0.29) is 0 Å². The van der Waals surface area contributed by atoms with Crippen LogP contribution in [0.2, 0.25) is 0 Å². The average molecular weight is 461 g/mol. The lowest BCUT2D eigenvalue weighted by atomic mass is 9.44. The fourth-order valence-electron chi connectivity index (χ4n) is 9.96. The maximum atomic E-state index is 9.86. The van der Waals surface area contributed by atoms with Gasteiger partial charge in [0, 0.05) is 6.54 Å². The molecule has 4 aliphatic rings. The number of hydrogen-bond donors (Lipinski definition) is 3. The predicted molar refractivity (Wildman–Crippen MR) is 140 cm³/mol. The first-order chi connectivity index (χ1) is 15.8. The zero-order valence-corrected chi connectivity index (χ0v) is 22.5. The summed E-state index contributed by atoms with van der Waals surface area (Å²) in [6.07, 6.45) is 19.4. The Labute approximate surface area is 205 Å². The normalized spacial score (nSPS) is 43.3. The van der Waals surface area contributed by atoms with Crippen LogP contribution in [0, 0.1) is 52.3 Å². The van der Waals surface area contributed by atoms with Crippen molar-refractivity contribution >= 4 is 0 Å². The molecule has 0 bridgehead atoms. The Morgan fingerprint density at radius 2 is 1.67 bits per heavy atom. The van der Waals surface area contributed by atoms with Gasteiger partial charge in [-0.3, -0.25) is 5.32 Å². The van der Waals surface area contributed by atoms with Crippen molar-refractivity contribution in [3.05, 3.63) is 0 Å². The summed E-state index contributed by atoms with van der Waals surface area (Å²) in [5.41, 5.74) is 6.82. The Morgan fingerprint density at radius 3 is 2.45 bits per heavy atom. The van der Waals surface area contributed by atoms with E-state index < -0.39 is 6.23 Å². The van der Waals surface area contributed by atoms with E-state index in [2.05, 4.69) is 33.0 Å². The van der Waals surface area contributed by atoms with Crippen LogP contribution in [-0.2, 0) is 0 Å². The van der Waals surface area contributed by atoms with Crippen molar-refractivity contribution in [2.75, 3.05) is 13.1 Å². The van der Waals surface area contributed by atoms with Gasteiger partial charge in [-0.15, -0.1) is 0 Å². The van der Waals surface area contributed by atoms with E-state index in [1.54, 1.807) is 6.42 Å². The first kappa shape index (κ1) is 26.0. The monoisotopic (exact) mass is 460 g/mol. The van der Waals surface area contributed by atoms with Crippen LogP contribution in [0.15, 0.2) is 0 Å². The lowest BCUT2D eigenvalue weighted by Crippen LogP contribution is -2.53. The molecule has 192 valence electrons. The van der Waals surface area contributed by atoms with Crippen molar-refractivity contribution in [2.24, 2.45) is 58.0 Å².